The fraction of sp³-hybridized carbons (Fsp3) is 0.480. The lowest BCUT2D eigenvalue weighted by Crippen LogP contribution is -2.47. The summed E-state index contributed by atoms with van der Waals surface area (Å²) < 4.78 is 39.3. The first-order valence-electron chi connectivity index (χ1n) is 11.5. The van der Waals surface area contributed by atoms with Crippen LogP contribution in [0.3, 0.4) is 0 Å². The molecule has 8 nitrogen and oxygen atoms in total. The van der Waals surface area contributed by atoms with Crippen LogP contribution < -0.4 is 14.4 Å². The number of nitrogens with zero attached hydrogens (tertiary/aromatic N) is 2. The molecule has 0 radical (unpaired) electrons. The molecule has 1 N–H and O–H groups in total. The van der Waals surface area contributed by atoms with Gasteiger partial charge in [0.1, 0.15) is 11.8 Å². The molecular weight excluding hydrogens is 454 g/mol. The molecule has 186 valence electrons. The van der Waals surface area contributed by atoms with Gasteiger partial charge in [-0.1, -0.05) is 32.0 Å². The highest BCUT2D eigenvalue weighted by molar-refractivity contribution is 7.89. The van der Waals surface area contributed by atoms with E-state index in [0.717, 1.165) is 24.3 Å². The van der Waals surface area contributed by atoms with Crippen LogP contribution in [-0.4, -0.2) is 65.7 Å². The van der Waals surface area contributed by atoms with Gasteiger partial charge >= 0.3 is 0 Å². The number of anilines is 1. The summed E-state index contributed by atoms with van der Waals surface area (Å²) >= 11 is 0. The SMILES string of the molecule is COc1ccc(S(=O)(=O)NC(CC(C)C)C(=O)N(C)Cc2ccccc2N2CCOCC2)cc1. The van der Waals surface area contributed by atoms with E-state index in [0.29, 0.717) is 31.9 Å². The second-order valence-electron chi connectivity index (χ2n) is 8.90. The lowest BCUT2D eigenvalue weighted by atomic mass is 10.0. The van der Waals surface area contributed by atoms with Crippen molar-refractivity contribution in [2.24, 2.45) is 5.92 Å². The second kappa shape index (κ2) is 11.7. The number of rotatable bonds is 10. The number of para-hydroxylation sites is 1. The molecule has 2 aromatic carbocycles. The van der Waals surface area contributed by atoms with Crippen molar-refractivity contribution >= 4 is 21.6 Å². The summed E-state index contributed by atoms with van der Waals surface area (Å²) in [5, 5.41) is 0. The molecule has 34 heavy (non-hydrogen) atoms. The number of methoxy groups -OCH3 is 1. The number of ether oxygens (including phenoxy) is 2. The minimum absolute atomic E-state index is 0.0928. The Morgan fingerprint density at radius 3 is 2.38 bits per heavy atom. The van der Waals surface area contributed by atoms with Gasteiger partial charge in [0.25, 0.3) is 0 Å². The number of carbonyl (C=O) groups is 1. The van der Waals surface area contributed by atoms with Crippen LogP contribution in [0.25, 0.3) is 0 Å². The quantitative estimate of drug-likeness (QED) is 0.552. The van der Waals surface area contributed by atoms with Gasteiger partial charge in [-0.2, -0.15) is 4.72 Å². The number of carbonyl (C=O) groups excluding carboxylic acids is 1. The molecule has 1 unspecified atom stereocenters. The molecule has 3 rings (SSSR count). The summed E-state index contributed by atoms with van der Waals surface area (Å²) in [6.45, 7) is 7.26. The highest BCUT2D eigenvalue weighted by Gasteiger charge is 2.29. The van der Waals surface area contributed by atoms with E-state index < -0.39 is 16.1 Å². The maximum atomic E-state index is 13.4. The Bertz CT molecular complexity index is 1050. The van der Waals surface area contributed by atoms with Crippen molar-refractivity contribution in [1.29, 1.82) is 0 Å². The molecular formula is C25H35N3O5S. The van der Waals surface area contributed by atoms with Crippen LogP contribution in [-0.2, 0) is 26.1 Å². The first-order chi connectivity index (χ1) is 16.2. The van der Waals surface area contributed by atoms with E-state index in [4.69, 9.17) is 9.47 Å². The lowest BCUT2D eigenvalue weighted by Gasteiger charge is -2.32. The highest BCUT2D eigenvalue weighted by atomic mass is 32.2. The molecule has 1 aliphatic rings. The third-order valence-corrected chi connectivity index (χ3v) is 7.29. The Hall–Kier alpha value is -2.62. The predicted molar refractivity (Wildman–Crippen MR) is 133 cm³/mol. The van der Waals surface area contributed by atoms with Crippen molar-refractivity contribution in [3.8, 4) is 5.75 Å². The van der Waals surface area contributed by atoms with E-state index in [9.17, 15) is 13.2 Å². The van der Waals surface area contributed by atoms with Gasteiger partial charge < -0.3 is 19.3 Å². The summed E-state index contributed by atoms with van der Waals surface area (Å²) in [5.74, 6) is 0.427. The van der Waals surface area contributed by atoms with Gasteiger partial charge in [-0.05, 0) is 48.2 Å². The molecule has 1 amide bonds. The number of likely N-dealkylation sites (N-methyl/N-ethyl adjacent to an activating group) is 1. The van der Waals surface area contributed by atoms with Crippen LogP contribution in [0, 0.1) is 5.92 Å². The molecule has 9 heteroatoms. The van der Waals surface area contributed by atoms with Gasteiger partial charge in [-0.15, -0.1) is 0 Å². The maximum Gasteiger partial charge on any atom is 0.241 e. The summed E-state index contributed by atoms with van der Waals surface area (Å²) in [6, 6.07) is 13.2. The van der Waals surface area contributed by atoms with Gasteiger partial charge in [-0.3, -0.25) is 4.79 Å². The van der Waals surface area contributed by atoms with Crippen LogP contribution in [0.15, 0.2) is 53.4 Å². The van der Waals surface area contributed by atoms with Crippen molar-refractivity contribution in [2.45, 2.75) is 37.8 Å². The number of hydrogen-bond donors (Lipinski definition) is 1. The fourth-order valence-corrected chi connectivity index (χ4v) is 5.24. The number of sulfonamides is 1. The molecule has 1 heterocycles. The van der Waals surface area contributed by atoms with Gasteiger partial charge in [0, 0.05) is 32.4 Å². The van der Waals surface area contributed by atoms with Crippen molar-refractivity contribution < 1.29 is 22.7 Å². The monoisotopic (exact) mass is 489 g/mol. The summed E-state index contributed by atoms with van der Waals surface area (Å²) in [7, 11) is -0.646. The zero-order valence-corrected chi connectivity index (χ0v) is 21.2. The summed E-state index contributed by atoms with van der Waals surface area (Å²) in [5.41, 5.74) is 2.09. The molecule has 1 fully saturated rings. The number of nitrogens with one attached hydrogen (secondary N) is 1. The molecule has 0 aromatic heterocycles. The number of amides is 1. The highest BCUT2D eigenvalue weighted by Crippen LogP contribution is 2.24. The van der Waals surface area contributed by atoms with Crippen LogP contribution in [0.2, 0.25) is 0 Å². The normalized spacial score (nSPS) is 15.3. The van der Waals surface area contributed by atoms with Crippen molar-refractivity contribution in [1.82, 2.24) is 9.62 Å². The van der Waals surface area contributed by atoms with Crippen molar-refractivity contribution in [3.63, 3.8) is 0 Å². The number of benzene rings is 2. The van der Waals surface area contributed by atoms with Gasteiger partial charge in [-0.25, -0.2) is 8.42 Å². The molecule has 1 atom stereocenters. The molecule has 2 aromatic rings. The standard InChI is InChI=1S/C25H35N3O5S/c1-19(2)17-23(26-34(30,31)22-11-9-21(32-4)10-12-22)25(29)27(3)18-20-7-5-6-8-24(20)28-13-15-33-16-14-28/h5-12,19,23,26H,13-18H2,1-4H3. The fourth-order valence-electron chi connectivity index (χ4n) is 4.04. The van der Waals surface area contributed by atoms with E-state index in [1.165, 1.54) is 19.2 Å². The third kappa shape index (κ3) is 6.71. The van der Waals surface area contributed by atoms with Crippen LogP contribution in [0.1, 0.15) is 25.8 Å². The van der Waals surface area contributed by atoms with E-state index >= 15 is 0 Å². The van der Waals surface area contributed by atoms with Crippen LogP contribution >= 0.6 is 0 Å². The lowest BCUT2D eigenvalue weighted by molar-refractivity contribution is -0.132. The van der Waals surface area contributed by atoms with Crippen molar-refractivity contribution in [2.75, 3.05) is 45.4 Å². The van der Waals surface area contributed by atoms with E-state index in [1.54, 1.807) is 24.1 Å². The molecule has 0 aliphatic carbocycles. The van der Waals surface area contributed by atoms with Gasteiger partial charge in [0.15, 0.2) is 0 Å². The third-order valence-electron chi connectivity index (χ3n) is 5.80. The zero-order valence-electron chi connectivity index (χ0n) is 20.4. The molecule has 1 saturated heterocycles. The first kappa shape index (κ1) is 26.0. The van der Waals surface area contributed by atoms with Crippen LogP contribution in [0.4, 0.5) is 5.69 Å². The topological polar surface area (TPSA) is 88.2 Å². The second-order valence-corrected chi connectivity index (χ2v) is 10.6. The molecule has 0 bridgehead atoms. The number of morpholine rings is 1. The Balaban J connectivity index is 1.77. The van der Waals surface area contributed by atoms with Gasteiger partial charge in [0.05, 0.1) is 25.2 Å². The van der Waals surface area contributed by atoms with Crippen molar-refractivity contribution in [3.05, 3.63) is 54.1 Å². The van der Waals surface area contributed by atoms with Crippen LogP contribution in [0.5, 0.6) is 5.75 Å². The largest absolute Gasteiger partial charge is 0.497 e. The Morgan fingerprint density at radius 1 is 1.12 bits per heavy atom. The predicted octanol–water partition coefficient (Wildman–Crippen LogP) is 2.88. The average Bonchev–Trinajstić information content (AvgIpc) is 2.83. The Morgan fingerprint density at radius 2 is 1.76 bits per heavy atom. The first-order valence-corrected chi connectivity index (χ1v) is 13.0. The van der Waals surface area contributed by atoms with E-state index in [1.807, 2.05) is 32.0 Å². The maximum absolute atomic E-state index is 13.4. The average molecular weight is 490 g/mol. The number of hydrogen-bond acceptors (Lipinski definition) is 6. The minimum atomic E-state index is -3.88. The summed E-state index contributed by atoms with van der Waals surface area (Å²) in [4.78, 5) is 17.4. The Labute approximate surface area is 202 Å². The molecule has 0 saturated carbocycles. The zero-order chi connectivity index (χ0) is 24.7. The van der Waals surface area contributed by atoms with E-state index in [2.05, 4.69) is 15.7 Å². The minimum Gasteiger partial charge on any atom is -0.497 e. The smallest absolute Gasteiger partial charge is 0.241 e. The molecule has 1 aliphatic heterocycles. The van der Waals surface area contributed by atoms with Gasteiger partial charge in [0.2, 0.25) is 15.9 Å². The summed E-state index contributed by atoms with van der Waals surface area (Å²) in [6.07, 6.45) is 0.393. The Kier molecular flexibility index (Phi) is 8.93. The molecule has 0 spiro atoms. The van der Waals surface area contributed by atoms with E-state index in [-0.39, 0.29) is 16.7 Å².